The molecule has 29 heteroatoms. The second-order valence-corrected chi connectivity index (χ2v) is 62.3. The monoisotopic (exact) mass is 1970 g/mol. The average molecular weight is 1970 g/mol. The van der Waals surface area contributed by atoms with E-state index in [0.29, 0.717) is 20.1 Å². The van der Waals surface area contributed by atoms with Crippen LogP contribution in [0.5, 0.6) is 0 Å². The van der Waals surface area contributed by atoms with Crippen molar-refractivity contribution in [1.82, 2.24) is 18.3 Å². The Bertz CT molecular complexity index is 9650. The van der Waals surface area contributed by atoms with E-state index in [0.717, 1.165) is 89.9 Å². The summed E-state index contributed by atoms with van der Waals surface area (Å²) in [6.45, 7) is 3.36. The molecule has 23 heterocycles. The van der Waals surface area contributed by atoms with Crippen molar-refractivity contribution in [3.8, 4) is 22.7 Å². The van der Waals surface area contributed by atoms with Gasteiger partial charge in [0.25, 0.3) is 0 Å². The normalized spacial score (nSPS) is 17.7. The molecule has 0 spiro atoms. The smallest absolute Gasteiger partial charge is 1.00 e. The molecule has 0 atom stereocenters. The summed E-state index contributed by atoms with van der Waals surface area (Å²) in [7, 11) is 2.62. The van der Waals surface area contributed by atoms with E-state index in [2.05, 4.69) is 412 Å². The molecule has 0 unspecified atom stereocenters. The number of anilines is 2. The summed E-state index contributed by atoms with van der Waals surface area (Å²) in [5.74, 6) is 0. The van der Waals surface area contributed by atoms with Crippen LogP contribution in [-0.4, -0.2) is 123 Å². The zero-order valence-corrected chi connectivity index (χ0v) is 83.7. The van der Waals surface area contributed by atoms with Crippen LogP contribution < -0.4 is 91.0 Å². The molecule has 11 saturated heterocycles. The van der Waals surface area contributed by atoms with Crippen molar-refractivity contribution in [2.75, 3.05) is 10.2 Å². The minimum atomic E-state index is -3.07. The van der Waals surface area contributed by atoms with Crippen molar-refractivity contribution in [3.63, 3.8) is 0 Å². The molecular formula is C113H81B16F2IN7P3-3. The van der Waals surface area contributed by atoms with Crippen LogP contribution in [0, 0.1) is 10.5 Å². The van der Waals surface area contributed by atoms with Crippen LogP contribution in [0.3, 0.4) is 0 Å². The van der Waals surface area contributed by atoms with Crippen molar-refractivity contribution in [3.05, 3.63) is 430 Å². The minimum absolute atomic E-state index is 0. The van der Waals surface area contributed by atoms with Gasteiger partial charge >= 0.3 is 676 Å². The first-order valence-corrected chi connectivity index (χ1v) is 61.3. The van der Waals surface area contributed by atoms with Crippen LogP contribution in [0.4, 0.5) is 14.2 Å². The van der Waals surface area contributed by atoms with E-state index in [9.17, 15) is 0 Å². The van der Waals surface area contributed by atoms with Crippen molar-refractivity contribution in [2.45, 2.75) is 32.6 Å². The SMILES string of the molecule is Cc1ccc2c(c1)c1ccc3c4c1n2-c1ccccc1B4c1ccccc1C3.FI(N=[P+]1B2[B]B1[BH2-]2)c1cccc2c1c1ccc3c4c1n2-c1ccccc1B4c1ccccc1C3.[BH2-]1B2B3B1P23(Nc1ccccc1)c1cc2c3c4c1c1ccccc1n4-c1ccccc1B3c1ccccc1C2.[BH2-]1B2B3B1P23(Nc1ccccc1)c1cc2c3ccccc3n3c2c2c1Cc1ccccc1B2c1ccccc1-3.[F-]. The number of fused-ring (bicyclic) bond motifs is 32. The zero-order chi connectivity index (χ0) is 91.5. The van der Waals surface area contributed by atoms with Gasteiger partial charge in [-0.05, 0) is 53.6 Å². The number of hydrogen-bond donors (Lipinski definition) is 2. The molecule has 4 aromatic heterocycles. The maximum absolute atomic E-state index is 16.0. The molecule has 18 aromatic carbocycles. The molecule has 142 heavy (non-hydrogen) atoms. The van der Waals surface area contributed by atoms with Gasteiger partial charge in [0.15, 0.2) is 0 Å². The average Bonchev–Trinajstić information content (AvgIpc) is 1.36. The Kier molecular flexibility index (Phi) is 16.0. The molecule has 11 fully saturated rings. The maximum atomic E-state index is 16.0. The fourth-order valence-corrected chi connectivity index (χ4v) is 63.0. The predicted octanol–water partition coefficient (Wildman–Crippen LogP) is 10.5. The summed E-state index contributed by atoms with van der Waals surface area (Å²) >= 11 is -3.07. The maximum Gasteiger partial charge on any atom is -1.00 e. The number of aromatic nitrogens is 4. The van der Waals surface area contributed by atoms with Crippen LogP contribution in [-0.2, 0) is 25.7 Å². The molecule has 7 nitrogen and oxygen atoms in total. The Labute approximate surface area is 837 Å². The molecular weight excluding hydrogens is 1890 g/mol. The third-order valence-corrected chi connectivity index (χ3v) is 64.3. The molecule has 0 saturated carbocycles. The van der Waals surface area contributed by atoms with Gasteiger partial charge in [-0.15, -0.1) is 0 Å². The van der Waals surface area contributed by atoms with Crippen molar-refractivity contribution in [1.29, 1.82) is 0 Å². The van der Waals surface area contributed by atoms with E-state index >= 15 is 2.86 Å². The largest absolute Gasteiger partial charge is 1.00 e. The topological polar surface area (TPSA) is 56.1 Å². The number of benzene rings is 18. The van der Waals surface area contributed by atoms with Gasteiger partial charge in [0.1, 0.15) is 0 Å². The van der Waals surface area contributed by atoms with E-state index < -0.39 is 33.4 Å². The van der Waals surface area contributed by atoms with E-state index in [4.69, 9.17) is 2.96 Å². The van der Waals surface area contributed by atoms with Crippen molar-refractivity contribution in [2.24, 2.45) is 2.96 Å². The third kappa shape index (κ3) is 9.68. The second kappa shape index (κ2) is 28.1. The molecule has 41 rings (SSSR count). The number of halogens is 3. The fourth-order valence-electron chi connectivity index (χ4n) is 33.8. The van der Waals surface area contributed by atoms with E-state index in [-0.39, 0.29) is 40.1 Å². The molecule has 6 bridgehead atoms. The summed E-state index contributed by atoms with van der Waals surface area (Å²) < 4.78 is 32.0. The van der Waals surface area contributed by atoms with Gasteiger partial charge in [0, 0.05) is 22.0 Å². The fraction of sp³-hybridized carbons (Fsp3) is 0.0442. The predicted molar refractivity (Wildman–Crippen MR) is 637 cm³/mol. The number of rotatable bonds is 8. The van der Waals surface area contributed by atoms with E-state index in [1.54, 1.807) is 38.0 Å². The van der Waals surface area contributed by atoms with Gasteiger partial charge in [-0.3, -0.25) is 0 Å². The molecule has 0 aliphatic carbocycles. The Balaban J connectivity index is 0.0000000826. The third-order valence-electron chi connectivity index (χ3n) is 40.0. The van der Waals surface area contributed by atoms with Gasteiger partial charge in [-0.2, -0.15) is 0 Å². The van der Waals surface area contributed by atoms with Gasteiger partial charge in [0.2, 0.25) is 6.71 Å². The number of nitrogens with one attached hydrogen (secondary N) is 2. The molecule has 1 radical (unpaired) electrons. The zero-order valence-electron chi connectivity index (χ0n) is 78.8. The quantitative estimate of drug-likeness (QED) is 0.0905. The Morgan fingerprint density at radius 3 is 1.23 bits per heavy atom. The Morgan fingerprint density at radius 2 is 0.718 bits per heavy atom. The van der Waals surface area contributed by atoms with Crippen LogP contribution >= 0.6 is 40.9 Å². The number of nitrogens with zero attached hydrogens (tertiary/aromatic N) is 5. The molecule has 0 amide bonds. The molecule has 19 aliphatic rings. The van der Waals surface area contributed by atoms with Crippen LogP contribution in [0.1, 0.15) is 50.1 Å². The van der Waals surface area contributed by atoms with Crippen LogP contribution in [0.15, 0.2) is 379 Å². The summed E-state index contributed by atoms with van der Waals surface area (Å²) in [5, 5.41) is 23.3. The second-order valence-electron chi connectivity index (χ2n) is 44.9. The van der Waals surface area contributed by atoms with Crippen molar-refractivity contribution < 1.29 is 7.56 Å². The van der Waals surface area contributed by atoms with Gasteiger partial charge in [0.05, 0.1) is 5.52 Å². The molecule has 19 aliphatic heterocycles. The summed E-state index contributed by atoms with van der Waals surface area (Å²) in [4.78, 5) is 0. The molecule has 22 aromatic rings. The van der Waals surface area contributed by atoms with Crippen molar-refractivity contribution >= 4 is 320 Å². The molecule has 655 valence electrons. The van der Waals surface area contributed by atoms with Gasteiger partial charge in [-0.1, -0.05) is 71.7 Å². The van der Waals surface area contributed by atoms with Crippen LogP contribution in [0.25, 0.3) is 110 Å². The minimum Gasteiger partial charge on any atom is -1.00 e. The van der Waals surface area contributed by atoms with E-state index in [1.807, 2.05) is 6.07 Å². The summed E-state index contributed by atoms with van der Waals surface area (Å²) in [5.41, 5.74) is 49.9. The summed E-state index contributed by atoms with van der Waals surface area (Å²) in [6.07, 6.45) is 7.28. The Morgan fingerprint density at radius 1 is 0.324 bits per heavy atom. The Hall–Kier alpha value is -12.7. The number of hydrogen-bond acceptors (Lipinski definition) is 3. The summed E-state index contributed by atoms with van der Waals surface area (Å²) in [6, 6.07) is 141. The van der Waals surface area contributed by atoms with E-state index in [1.165, 1.54) is 199 Å². The number of aryl methyl sites for hydroxylation is 1. The standard InChI is InChI=1S/2C31H23B5N2P.C26H18BN.C25H17B5FIN2P.FH/c1-2-11-22(12-3-1)37-39(34-32-35(39)36(34)39)28-19-21-18-20-10-4-6-14-24(20)33-25-15-7-9-17-27(25)38-26-16-8-5-13-23(26)29(28)31(38)30(21)33;1-2-11-21(12-3-1)37-39(34-32-35(39)36(34)39)29-19-23-22-13-5-8-16-27(22)38-28-17-9-7-15-26(28)33-25-14-6-4-10-20(25)18-24(29)30(33)31(23)38;1-16-10-13-23-20(14-16)19-12-11-18-15-17-6-2-3-7-21(17)27-22-8-4-5-9-24(22)28(23)26(19)25(18)27;31-32(33-35-29-26-30(35)27-29)20-9-5-11-22-23(20)17-13-12-16-14-15-6-1-2-7-18(15)28-19-8-3-4-10-21(19)34(22)25(17)24(16)28;/h2*1-17,19,37H,18,32H2;2-14H,15H2,1H3;1-13H,14,26H2;1H/q2*-1;;;/p-1. The van der Waals surface area contributed by atoms with Crippen LogP contribution in [0.2, 0.25) is 0 Å². The first-order chi connectivity index (χ1) is 69.7. The van der Waals surface area contributed by atoms with Gasteiger partial charge in [-0.25, -0.2) is 0 Å². The first-order valence-electron chi connectivity index (χ1n) is 52.2. The molecule has 2 N–H and O–H groups in total. The van der Waals surface area contributed by atoms with Gasteiger partial charge < -0.3 is 9.27 Å². The first kappa shape index (κ1) is 80.8. The number of para-hydroxylation sites is 8.